The van der Waals surface area contributed by atoms with E-state index in [1.807, 2.05) is 6.26 Å². The van der Waals surface area contributed by atoms with Crippen LogP contribution in [0.2, 0.25) is 0 Å². The van der Waals surface area contributed by atoms with Gasteiger partial charge in [0.15, 0.2) is 16.0 Å². The Hall–Kier alpha value is -1.21. The van der Waals surface area contributed by atoms with Crippen LogP contribution in [-0.2, 0) is 6.54 Å². The lowest BCUT2D eigenvalue weighted by molar-refractivity contribution is 0.509. The van der Waals surface area contributed by atoms with Crippen LogP contribution in [0.4, 0.5) is 14.5 Å². The second kappa shape index (κ2) is 5.42. The van der Waals surface area contributed by atoms with Crippen LogP contribution < -0.4 is 5.32 Å². The van der Waals surface area contributed by atoms with Crippen LogP contribution in [0.3, 0.4) is 0 Å². The lowest BCUT2D eigenvalue weighted by Crippen LogP contribution is -1.99. The zero-order chi connectivity index (χ0) is 12.3. The number of hydrogen-bond acceptors (Lipinski definition) is 5. The summed E-state index contributed by atoms with van der Waals surface area (Å²) >= 11 is 2.99. The second-order valence-electron chi connectivity index (χ2n) is 3.15. The van der Waals surface area contributed by atoms with Crippen LogP contribution in [0, 0.1) is 11.6 Å². The molecule has 0 radical (unpaired) electrons. The molecule has 3 nitrogen and oxygen atoms in total. The summed E-state index contributed by atoms with van der Waals surface area (Å²) in [5, 5.41) is 11.7. The van der Waals surface area contributed by atoms with Crippen LogP contribution >= 0.6 is 23.1 Å². The fourth-order valence-corrected chi connectivity index (χ4v) is 2.43. The molecule has 2 aromatic rings. The molecule has 0 aliphatic rings. The molecule has 0 aliphatic carbocycles. The quantitative estimate of drug-likeness (QED) is 0.868. The fraction of sp³-hybridized carbons (Fsp3) is 0.200. The summed E-state index contributed by atoms with van der Waals surface area (Å²) in [6.07, 6.45) is 1.92. The van der Waals surface area contributed by atoms with E-state index in [9.17, 15) is 8.78 Å². The first kappa shape index (κ1) is 12.3. The van der Waals surface area contributed by atoms with Crippen molar-refractivity contribution in [3.8, 4) is 0 Å². The first-order chi connectivity index (χ1) is 8.19. The van der Waals surface area contributed by atoms with Crippen molar-refractivity contribution in [3.05, 3.63) is 34.8 Å². The topological polar surface area (TPSA) is 37.8 Å². The highest BCUT2D eigenvalue weighted by molar-refractivity contribution is 8.00. The Bertz CT molecular complexity index is 516. The van der Waals surface area contributed by atoms with Gasteiger partial charge in [0.05, 0.1) is 6.54 Å². The SMILES string of the molecule is CSc1nnc(CNc2ccc(F)c(F)c2)s1. The van der Waals surface area contributed by atoms with Gasteiger partial charge in [-0.3, -0.25) is 0 Å². The molecule has 1 aromatic heterocycles. The Morgan fingerprint density at radius 2 is 2.12 bits per heavy atom. The highest BCUT2D eigenvalue weighted by atomic mass is 32.2. The molecular weight excluding hydrogens is 264 g/mol. The van der Waals surface area contributed by atoms with Crippen molar-refractivity contribution in [2.45, 2.75) is 10.9 Å². The summed E-state index contributed by atoms with van der Waals surface area (Å²) in [4.78, 5) is 0. The van der Waals surface area contributed by atoms with Gasteiger partial charge in [-0.2, -0.15) is 0 Å². The summed E-state index contributed by atoms with van der Waals surface area (Å²) in [5.74, 6) is -1.71. The highest BCUT2D eigenvalue weighted by Gasteiger charge is 2.05. The van der Waals surface area contributed by atoms with Gasteiger partial charge in [0, 0.05) is 11.8 Å². The monoisotopic (exact) mass is 273 g/mol. The highest BCUT2D eigenvalue weighted by Crippen LogP contribution is 2.20. The molecule has 0 saturated heterocycles. The maximum absolute atomic E-state index is 12.9. The molecule has 0 saturated carbocycles. The van der Waals surface area contributed by atoms with Crippen molar-refractivity contribution in [3.63, 3.8) is 0 Å². The van der Waals surface area contributed by atoms with Gasteiger partial charge in [-0.15, -0.1) is 10.2 Å². The number of nitrogens with one attached hydrogen (secondary N) is 1. The van der Waals surface area contributed by atoms with E-state index < -0.39 is 11.6 Å². The summed E-state index contributed by atoms with van der Waals surface area (Å²) in [7, 11) is 0. The van der Waals surface area contributed by atoms with E-state index in [2.05, 4.69) is 15.5 Å². The Balaban J connectivity index is 1.99. The van der Waals surface area contributed by atoms with Crippen molar-refractivity contribution < 1.29 is 8.78 Å². The molecule has 0 fully saturated rings. The number of aromatic nitrogens is 2. The third kappa shape index (κ3) is 3.13. The minimum Gasteiger partial charge on any atom is -0.378 e. The normalized spacial score (nSPS) is 10.5. The number of thioether (sulfide) groups is 1. The van der Waals surface area contributed by atoms with Crippen LogP contribution in [0.5, 0.6) is 0 Å². The molecule has 1 aromatic carbocycles. The van der Waals surface area contributed by atoms with Gasteiger partial charge < -0.3 is 5.32 Å². The lowest BCUT2D eigenvalue weighted by Gasteiger charge is -2.03. The minimum absolute atomic E-state index is 0.448. The molecule has 0 unspecified atom stereocenters. The van der Waals surface area contributed by atoms with E-state index in [0.717, 1.165) is 21.5 Å². The van der Waals surface area contributed by atoms with E-state index in [1.54, 1.807) is 0 Å². The zero-order valence-electron chi connectivity index (χ0n) is 8.91. The maximum Gasteiger partial charge on any atom is 0.174 e. The predicted octanol–water partition coefficient (Wildman–Crippen LogP) is 3.15. The average molecular weight is 273 g/mol. The summed E-state index contributed by atoms with van der Waals surface area (Å²) in [5.41, 5.74) is 0.518. The lowest BCUT2D eigenvalue weighted by atomic mass is 10.3. The Labute approximate surface area is 105 Å². The molecule has 0 amide bonds. The van der Waals surface area contributed by atoms with Gasteiger partial charge in [0.25, 0.3) is 0 Å². The number of benzene rings is 1. The Morgan fingerprint density at radius 3 is 2.76 bits per heavy atom. The van der Waals surface area contributed by atoms with Gasteiger partial charge in [-0.1, -0.05) is 23.1 Å². The molecule has 1 N–H and O–H groups in total. The van der Waals surface area contributed by atoms with E-state index in [-0.39, 0.29) is 0 Å². The molecule has 0 aliphatic heterocycles. The van der Waals surface area contributed by atoms with E-state index in [4.69, 9.17) is 0 Å². The van der Waals surface area contributed by atoms with Gasteiger partial charge in [-0.25, -0.2) is 8.78 Å². The number of anilines is 1. The van der Waals surface area contributed by atoms with Crippen LogP contribution in [0.15, 0.2) is 22.5 Å². The third-order valence-electron chi connectivity index (χ3n) is 1.99. The van der Waals surface area contributed by atoms with Crippen molar-refractivity contribution in [1.82, 2.24) is 10.2 Å². The van der Waals surface area contributed by atoms with Crippen LogP contribution in [-0.4, -0.2) is 16.5 Å². The van der Waals surface area contributed by atoms with Crippen molar-refractivity contribution in [2.24, 2.45) is 0 Å². The van der Waals surface area contributed by atoms with E-state index in [0.29, 0.717) is 12.2 Å². The minimum atomic E-state index is -0.864. The van der Waals surface area contributed by atoms with Gasteiger partial charge in [-0.05, 0) is 18.4 Å². The first-order valence-corrected chi connectivity index (χ1v) is 6.78. The number of nitrogens with zero attached hydrogens (tertiary/aromatic N) is 2. The maximum atomic E-state index is 12.9. The van der Waals surface area contributed by atoms with Gasteiger partial charge in [0.1, 0.15) is 5.01 Å². The molecule has 17 heavy (non-hydrogen) atoms. The number of halogens is 2. The molecule has 2 rings (SSSR count). The Morgan fingerprint density at radius 1 is 1.29 bits per heavy atom. The molecule has 90 valence electrons. The molecule has 0 bridgehead atoms. The fourth-order valence-electron chi connectivity index (χ4n) is 1.18. The smallest absolute Gasteiger partial charge is 0.174 e. The number of rotatable bonds is 4. The molecular formula is C10H9F2N3S2. The van der Waals surface area contributed by atoms with E-state index >= 15 is 0 Å². The third-order valence-corrected chi connectivity index (χ3v) is 3.89. The summed E-state index contributed by atoms with van der Waals surface area (Å²) in [6, 6.07) is 3.69. The first-order valence-electron chi connectivity index (χ1n) is 4.74. The van der Waals surface area contributed by atoms with Gasteiger partial charge >= 0.3 is 0 Å². The summed E-state index contributed by atoms with van der Waals surface area (Å²) < 4.78 is 26.5. The van der Waals surface area contributed by atoms with Gasteiger partial charge in [0.2, 0.25) is 0 Å². The molecule has 0 spiro atoms. The van der Waals surface area contributed by atoms with Crippen molar-refractivity contribution >= 4 is 28.8 Å². The average Bonchev–Trinajstić information content (AvgIpc) is 2.79. The number of hydrogen-bond donors (Lipinski definition) is 1. The van der Waals surface area contributed by atoms with Crippen LogP contribution in [0.25, 0.3) is 0 Å². The summed E-state index contributed by atoms with van der Waals surface area (Å²) in [6.45, 7) is 0.448. The Kier molecular flexibility index (Phi) is 3.90. The second-order valence-corrected chi connectivity index (χ2v) is 5.26. The molecule has 0 atom stereocenters. The predicted molar refractivity (Wildman–Crippen MR) is 65.4 cm³/mol. The van der Waals surface area contributed by atoms with Crippen LogP contribution in [0.1, 0.15) is 5.01 Å². The van der Waals surface area contributed by atoms with Crippen molar-refractivity contribution in [2.75, 3.05) is 11.6 Å². The largest absolute Gasteiger partial charge is 0.378 e. The van der Waals surface area contributed by atoms with E-state index in [1.165, 1.54) is 29.2 Å². The molecule has 1 heterocycles. The zero-order valence-corrected chi connectivity index (χ0v) is 10.5. The van der Waals surface area contributed by atoms with Crippen molar-refractivity contribution in [1.29, 1.82) is 0 Å². The molecule has 7 heteroatoms. The standard InChI is InChI=1S/C10H9F2N3S2/c1-16-10-15-14-9(17-10)5-13-6-2-3-7(11)8(12)4-6/h2-4,13H,5H2,1H3.